The molecule has 98 valence electrons. The molecule has 0 amide bonds. The summed E-state index contributed by atoms with van der Waals surface area (Å²) in [5.41, 5.74) is 8.96. The highest BCUT2D eigenvalue weighted by molar-refractivity contribution is 7.99. The monoisotopic (exact) mass is 277 g/mol. The summed E-state index contributed by atoms with van der Waals surface area (Å²) in [6.07, 6.45) is 0. The number of nitrogen functional groups attached to an aromatic ring is 1. The summed E-state index contributed by atoms with van der Waals surface area (Å²) in [6.45, 7) is 0. The van der Waals surface area contributed by atoms with E-state index >= 15 is 0 Å². The van der Waals surface area contributed by atoms with Crippen molar-refractivity contribution in [1.29, 1.82) is 0 Å². The van der Waals surface area contributed by atoms with E-state index in [-0.39, 0.29) is 0 Å². The molecule has 0 atom stereocenters. The normalized spacial score (nSPS) is 10.4. The number of rotatable bonds is 3. The number of benzene rings is 3. The van der Waals surface area contributed by atoms with E-state index in [4.69, 9.17) is 5.73 Å². The minimum atomic E-state index is 0.797. The molecule has 0 fully saturated rings. The van der Waals surface area contributed by atoms with Gasteiger partial charge in [0.2, 0.25) is 0 Å². The fourth-order valence-corrected chi connectivity index (χ4v) is 2.90. The van der Waals surface area contributed by atoms with Gasteiger partial charge in [-0.05, 0) is 47.5 Å². The summed E-state index contributed by atoms with van der Waals surface area (Å²) in [4.78, 5) is 2.49. The Kier molecular flexibility index (Phi) is 3.75. The van der Waals surface area contributed by atoms with Crippen LogP contribution >= 0.6 is 11.8 Å². The molecule has 3 rings (SSSR count). The van der Waals surface area contributed by atoms with Crippen molar-refractivity contribution in [1.82, 2.24) is 0 Å². The highest BCUT2D eigenvalue weighted by Crippen LogP contribution is 2.29. The summed E-state index contributed by atoms with van der Waals surface area (Å²) >= 11 is 1.77. The Bertz CT molecular complexity index is 690. The van der Waals surface area contributed by atoms with Crippen LogP contribution in [0.2, 0.25) is 0 Å². The van der Waals surface area contributed by atoms with Crippen molar-refractivity contribution in [2.45, 2.75) is 9.79 Å². The smallest absolute Gasteiger partial charge is 0.0320 e. The summed E-state index contributed by atoms with van der Waals surface area (Å²) < 4.78 is 0. The van der Waals surface area contributed by atoms with Crippen LogP contribution < -0.4 is 5.73 Å². The number of nitrogens with two attached hydrogens (primary N) is 1. The van der Waals surface area contributed by atoms with Gasteiger partial charge in [-0.15, -0.1) is 0 Å². The molecule has 3 aromatic carbocycles. The third-order valence-electron chi connectivity index (χ3n) is 3.05. The van der Waals surface area contributed by atoms with Crippen molar-refractivity contribution in [2.24, 2.45) is 0 Å². The van der Waals surface area contributed by atoms with E-state index in [1.54, 1.807) is 11.8 Å². The predicted molar refractivity (Wildman–Crippen MR) is 86.9 cm³/mol. The first kappa shape index (κ1) is 12.8. The van der Waals surface area contributed by atoms with Crippen molar-refractivity contribution >= 4 is 17.4 Å². The Morgan fingerprint density at radius 3 is 2.00 bits per heavy atom. The van der Waals surface area contributed by atoms with Crippen LogP contribution in [-0.4, -0.2) is 0 Å². The molecule has 0 saturated carbocycles. The van der Waals surface area contributed by atoms with E-state index in [9.17, 15) is 0 Å². The molecule has 0 heterocycles. The maximum absolute atomic E-state index is 5.82. The number of anilines is 1. The minimum absolute atomic E-state index is 0.797. The first-order valence-electron chi connectivity index (χ1n) is 6.50. The van der Waals surface area contributed by atoms with Crippen LogP contribution in [0.4, 0.5) is 5.69 Å². The van der Waals surface area contributed by atoms with Crippen LogP contribution in [0, 0.1) is 0 Å². The fourth-order valence-electron chi connectivity index (χ4n) is 2.06. The Morgan fingerprint density at radius 1 is 0.600 bits per heavy atom. The Hall–Kier alpha value is -2.19. The molecular weight excluding hydrogens is 262 g/mol. The lowest BCUT2D eigenvalue weighted by Gasteiger charge is -2.05. The molecule has 0 bridgehead atoms. The summed E-state index contributed by atoms with van der Waals surface area (Å²) in [6, 6.07) is 26.9. The average molecular weight is 277 g/mol. The topological polar surface area (TPSA) is 26.0 Å². The lowest BCUT2D eigenvalue weighted by Crippen LogP contribution is -1.85. The van der Waals surface area contributed by atoms with Crippen molar-refractivity contribution in [2.75, 3.05) is 5.73 Å². The average Bonchev–Trinajstić information content (AvgIpc) is 2.49. The van der Waals surface area contributed by atoms with Crippen LogP contribution in [0.15, 0.2) is 88.7 Å². The molecule has 20 heavy (non-hydrogen) atoms. The van der Waals surface area contributed by atoms with E-state index < -0.39 is 0 Å². The van der Waals surface area contributed by atoms with E-state index in [0.717, 1.165) is 11.3 Å². The molecule has 0 aromatic heterocycles. The maximum atomic E-state index is 5.82. The molecule has 0 aliphatic heterocycles. The van der Waals surface area contributed by atoms with Crippen molar-refractivity contribution in [3.63, 3.8) is 0 Å². The van der Waals surface area contributed by atoms with Crippen LogP contribution in [0.3, 0.4) is 0 Å². The number of hydrogen-bond acceptors (Lipinski definition) is 2. The van der Waals surface area contributed by atoms with Gasteiger partial charge in [-0.3, -0.25) is 0 Å². The van der Waals surface area contributed by atoms with E-state index in [1.807, 2.05) is 24.3 Å². The first-order valence-corrected chi connectivity index (χ1v) is 7.32. The molecule has 2 heteroatoms. The summed E-state index contributed by atoms with van der Waals surface area (Å²) in [5, 5.41) is 0. The standard InChI is InChI=1S/C18H15NS/c19-16-6-4-5-15(13-16)14-9-11-18(12-10-14)20-17-7-2-1-3-8-17/h1-13H,19H2. The van der Waals surface area contributed by atoms with Crippen molar-refractivity contribution in [3.8, 4) is 11.1 Å². The van der Waals surface area contributed by atoms with Gasteiger partial charge < -0.3 is 5.73 Å². The largest absolute Gasteiger partial charge is 0.399 e. The predicted octanol–water partition coefficient (Wildman–Crippen LogP) is 5.09. The molecule has 0 aliphatic carbocycles. The molecule has 0 radical (unpaired) electrons. The lowest BCUT2D eigenvalue weighted by molar-refractivity contribution is 1.41. The van der Waals surface area contributed by atoms with E-state index in [2.05, 4.69) is 54.6 Å². The summed E-state index contributed by atoms with van der Waals surface area (Å²) in [5.74, 6) is 0. The highest BCUT2D eigenvalue weighted by Gasteiger charge is 2.00. The van der Waals surface area contributed by atoms with Gasteiger partial charge in [0.15, 0.2) is 0 Å². The van der Waals surface area contributed by atoms with Gasteiger partial charge in [0, 0.05) is 15.5 Å². The van der Waals surface area contributed by atoms with Crippen LogP contribution in [-0.2, 0) is 0 Å². The third kappa shape index (κ3) is 3.03. The molecule has 3 aromatic rings. The minimum Gasteiger partial charge on any atom is -0.399 e. The SMILES string of the molecule is Nc1cccc(-c2ccc(Sc3ccccc3)cc2)c1. The molecule has 0 aliphatic rings. The second kappa shape index (κ2) is 5.85. The van der Waals surface area contributed by atoms with Crippen molar-refractivity contribution in [3.05, 3.63) is 78.9 Å². The first-order chi connectivity index (χ1) is 9.81. The Labute approximate surface area is 123 Å². The zero-order valence-electron chi connectivity index (χ0n) is 11.0. The second-order valence-corrected chi connectivity index (χ2v) is 5.71. The van der Waals surface area contributed by atoms with Crippen LogP contribution in [0.25, 0.3) is 11.1 Å². The Morgan fingerprint density at radius 2 is 1.30 bits per heavy atom. The van der Waals surface area contributed by atoms with Crippen LogP contribution in [0.1, 0.15) is 0 Å². The second-order valence-electron chi connectivity index (χ2n) is 4.56. The molecule has 0 spiro atoms. The van der Waals surface area contributed by atoms with E-state index in [0.29, 0.717) is 0 Å². The number of hydrogen-bond donors (Lipinski definition) is 1. The molecular formula is C18H15NS. The fraction of sp³-hybridized carbons (Fsp3) is 0. The third-order valence-corrected chi connectivity index (χ3v) is 4.07. The molecule has 1 nitrogen and oxygen atoms in total. The van der Waals surface area contributed by atoms with Crippen molar-refractivity contribution < 1.29 is 0 Å². The summed E-state index contributed by atoms with van der Waals surface area (Å²) in [7, 11) is 0. The zero-order chi connectivity index (χ0) is 13.8. The Balaban J connectivity index is 1.81. The zero-order valence-corrected chi connectivity index (χ0v) is 11.8. The van der Waals surface area contributed by atoms with Gasteiger partial charge in [0.05, 0.1) is 0 Å². The molecule has 2 N–H and O–H groups in total. The van der Waals surface area contributed by atoms with Gasteiger partial charge in [-0.2, -0.15) is 0 Å². The van der Waals surface area contributed by atoms with Gasteiger partial charge in [-0.1, -0.05) is 54.2 Å². The lowest BCUT2D eigenvalue weighted by atomic mass is 10.1. The molecule has 0 saturated heterocycles. The van der Waals surface area contributed by atoms with Crippen LogP contribution in [0.5, 0.6) is 0 Å². The van der Waals surface area contributed by atoms with Gasteiger partial charge in [0.25, 0.3) is 0 Å². The van der Waals surface area contributed by atoms with Gasteiger partial charge >= 0.3 is 0 Å². The molecule has 0 unspecified atom stereocenters. The van der Waals surface area contributed by atoms with Gasteiger partial charge in [0.1, 0.15) is 0 Å². The van der Waals surface area contributed by atoms with E-state index in [1.165, 1.54) is 15.4 Å². The quantitative estimate of drug-likeness (QED) is 0.675. The van der Waals surface area contributed by atoms with Gasteiger partial charge in [-0.25, -0.2) is 0 Å². The highest BCUT2D eigenvalue weighted by atomic mass is 32.2. The maximum Gasteiger partial charge on any atom is 0.0320 e.